The van der Waals surface area contributed by atoms with Gasteiger partial charge in [0.05, 0.1) is 7.11 Å². The van der Waals surface area contributed by atoms with Crippen molar-refractivity contribution in [2.24, 2.45) is 0 Å². The SMILES string of the molecule is COC(=O)c1ncn(CCCCC(=O)O)n1. The number of methoxy groups -OCH3 is 1. The summed E-state index contributed by atoms with van der Waals surface area (Å²) in [7, 11) is 1.26. The topological polar surface area (TPSA) is 94.3 Å². The number of hydrogen-bond acceptors (Lipinski definition) is 5. The summed E-state index contributed by atoms with van der Waals surface area (Å²) < 4.78 is 5.95. The second-order valence-electron chi connectivity index (χ2n) is 3.17. The lowest BCUT2D eigenvalue weighted by molar-refractivity contribution is -0.137. The molecule has 1 rings (SSSR count). The van der Waals surface area contributed by atoms with Crippen LogP contribution in [0.25, 0.3) is 0 Å². The first-order valence-electron chi connectivity index (χ1n) is 4.83. The molecule has 1 aromatic rings. The molecule has 0 aromatic carbocycles. The molecule has 0 saturated heterocycles. The highest BCUT2D eigenvalue weighted by Crippen LogP contribution is 1.99. The molecule has 0 radical (unpaired) electrons. The van der Waals surface area contributed by atoms with Crippen molar-refractivity contribution in [3.63, 3.8) is 0 Å². The fourth-order valence-electron chi connectivity index (χ4n) is 1.14. The highest BCUT2D eigenvalue weighted by atomic mass is 16.5. The summed E-state index contributed by atoms with van der Waals surface area (Å²) in [6, 6.07) is 0. The van der Waals surface area contributed by atoms with Crippen molar-refractivity contribution in [2.45, 2.75) is 25.8 Å². The molecule has 7 heteroatoms. The Morgan fingerprint density at radius 1 is 1.50 bits per heavy atom. The maximum atomic E-state index is 11.0. The van der Waals surface area contributed by atoms with Crippen LogP contribution in [-0.2, 0) is 16.1 Å². The molecular weight excluding hydrogens is 214 g/mol. The largest absolute Gasteiger partial charge is 0.481 e. The number of esters is 1. The molecule has 1 N–H and O–H groups in total. The minimum Gasteiger partial charge on any atom is -0.481 e. The van der Waals surface area contributed by atoms with Crippen molar-refractivity contribution in [1.82, 2.24) is 14.8 Å². The fraction of sp³-hybridized carbons (Fsp3) is 0.556. The first-order chi connectivity index (χ1) is 7.63. The molecule has 16 heavy (non-hydrogen) atoms. The monoisotopic (exact) mass is 227 g/mol. The van der Waals surface area contributed by atoms with Gasteiger partial charge < -0.3 is 9.84 Å². The second kappa shape index (κ2) is 5.84. The maximum Gasteiger partial charge on any atom is 0.377 e. The first-order valence-corrected chi connectivity index (χ1v) is 4.83. The number of carboxylic acid groups (broad SMARTS) is 1. The lowest BCUT2D eigenvalue weighted by atomic mass is 10.2. The summed E-state index contributed by atoms with van der Waals surface area (Å²) in [5, 5.41) is 12.3. The number of carbonyl (C=O) groups is 2. The standard InChI is InChI=1S/C9H13N3O4/c1-16-9(15)8-10-6-12(11-8)5-3-2-4-7(13)14/h6H,2-5H2,1H3,(H,13,14). The van der Waals surface area contributed by atoms with E-state index in [1.165, 1.54) is 18.1 Å². The van der Waals surface area contributed by atoms with E-state index in [0.29, 0.717) is 19.4 Å². The number of aliphatic carboxylic acids is 1. The van der Waals surface area contributed by atoms with E-state index < -0.39 is 11.9 Å². The Morgan fingerprint density at radius 2 is 2.25 bits per heavy atom. The summed E-state index contributed by atoms with van der Waals surface area (Å²) in [5.74, 6) is -1.38. The molecule has 0 amide bonds. The van der Waals surface area contributed by atoms with Crippen LogP contribution in [-0.4, -0.2) is 38.9 Å². The third-order valence-electron chi connectivity index (χ3n) is 1.93. The molecule has 1 aromatic heterocycles. The van der Waals surface area contributed by atoms with E-state index in [2.05, 4.69) is 14.8 Å². The van der Waals surface area contributed by atoms with Crippen LogP contribution in [0, 0.1) is 0 Å². The van der Waals surface area contributed by atoms with Crippen LogP contribution in [0.3, 0.4) is 0 Å². The average molecular weight is 227 g/mol. The molecule has 0 aliphatic rings. The van der Waals surface area contributed by atoms with Crippen LogP contribution in [0.4, 0.5) is 0 Å². The third kappa shape index (κ3) is 3.68. The zero-order chi connectivity index (χ0) is 12.0. The molecule has 0 unspecified atom stereocenters. The maximum absolute atomic E-state index is 11.0. The number of aryl methyl sites for hydroxylation is 1. The highest BCUT2D eigenvalue weighted by Gasteiger charge is 2.10. The van der Waals surface area contributed by atoms with E-state index in [1.807, 2.05) is 0 Å². The third-order valence-corrected chi connectivity index (χ3v) is 1.93. The van der Waals surface area contributed by atoms with Gasteiger partial charge in [0, 0.05) is 13.0 Å². The molecule has 0 spiro atoms. The van der Waals surface area contributed by atoms with E-state index in [-0.39, 0.29) is 12.2 Å². The summed E-state index contributed by atoms with van der Waals surface area (Å²) in [6.45, 7) is 0.539. The summed E-state index contributed by atoms with van der Waals surface area (Å²) in [5.41, 5.74) is 0. The van der Waals surface area contributed by atoms with Crippen molar-refractivity contribution in [1.29, 1.82) is 0 Å². The molecular formula is C9H13N3O4. The molecule has 0 atom stereocenters. The molecule has 7 nitrogen and oxygen atoms in total. The van der Waals surface area contributed by atoms with Crippen LogP contribution < -0.4 is 0 Å². The van der Waals surface area contributed by atoms with Gasteiger partial charge in [-0.1, -0.05) is 0 Å². The number of rotatable bonds is 6. The second-order valence-corrected chi connectivity index (χ2v) is 3.17. The van der Waals surface area contributed by atoms with E-state index in [0.717, 1.165) is 0 Å². The van der Waals surface area contributed by atoms with Gasteiger partial charge in [-0.2, -0.15) is 0 Å². The van der Waals surface area contributed by atoms with Gasteiger partial charge >= 0.3 is 11.9 Å². The quantitative estimate of drug-likeness (QED) is 0.555. The van der Waals surface area contributed by atoms with Crippen molar-refractivity contribution in [2.75, 3.05) is 7.11 Å². The minimum atomic E-state index is -0.811. The molecule has 0 aliphatic carbocycles. The van der Waals surface area contributed by atoms with Crippen LogP contribution >= 0.6 is 0 Å². The van der Waals surface area contributed by atoms with Gasteiger partial charge in [-0.05, 0) is 12.8 Å². The number of carbonyl (C=O) groups excluding carboxylic acids is 1. The van der Waals surface area contributed by atoms with Gasteiger partial charge in [0.15, 0.2) is 0 Å². The van der Waals surface area contributed by atoms with Gasteiger partial charge in [0.1, 0.15) is 6.33 Å². The lowest BCUT2D eigenvalue weighted by Gasteiger charge is -1.98. The normalized spacial score (nSPS) is 10.1. The van der Waals surface area contributed by atoms with E-state index in [9.17, 15) is 9.59 Å². The van der Waals surface area contributed by atoms with Gasteiger partial charge in [-0.3, -0.25) is 9.48 Å². The summed E-state index contributed by atoms with van der Waals surface area (Å²) >= 11 is 0. The molecule has 88 valence electrons. The molecule has 0 aliphatic heterocycles. The summed E-state index contributed by atoms with van der Waals surface area (Å²) in [4.78, 5) is 25.0. The Labute approximate surface area is 92.0 Å². The molecule has 1 heterocycles. The number of nitrogens with zero attached hydrogens (tertiary/aromatic N) is 3. The Balaban J connectivity index is 2.35. The number of unbranched alkanes of at least 4 members (excludes halogenated alkanes) is 1. The van der Waals surface area contributed by atoms with Crippen molar-refractivity contribution >= 4 is 11.9 Å². The zero-order valence-corrected chi connectivity index (χ0v) is 8.92. The molecule has 0 fully saturated rings. The fourth-order valence-corrected chi connectivity index (χ4v) is 1.14. The number of ether oxygens (including phenoxy) is 1. The Kier molecular flexibility index (Phi) is 4.43. The number of hydrogen-bond donors (Lipinski definition) is 1. The van der Waals surface area contributed by atoms with E-state index >= 15 is 0 Å². The number of aromatic nitrogens is 3. The van der Waals surface area contributed by atoms with Gasteiger partial charge in [0.2, 0.25) is 0 Å². The van der Waals surface area contributed by atoms with Crippen molar-refractivity contribution in [3.8, 4) is 0 Å². The van der Waals surface area contributed by atoms with E-state index in [4.69, 9.17) is 5.11 Å². The van der Waals surface area contributed by atoms with Gasteiger partial charge in [-0.15, -0.1) is 5.10 Å². The molecule has 0 bridgehead atoms. The predicted octanol–water partition coefficient (Wildman–Crippen LogP) is 0.320. The minimum absolute atomic E-state index is 0.0146. The van der Waals surface area contributed by atoms with Crippen LogP contribution in [0.1, 0.15) is 29.9 Å². The predicted molar refractivity (Wildman–Crippen MR) is 52.8 cm³/mol. The highest BCUT2D eigenvalue weighted by molar-refractivity contribution is 5.84. The van der Waals surface area contributed by atoms with Crippen LogP contribution in [0.2, 0.25) is 0 Å². The first kappa shape index (κ1) is 12.2. The zero-order valence-electron chi connectivity index (χ0n) is 8.92. The van der Waals surface area contributed by atoms with Crippen molar-refractivity contribution < 1.29 is 19.4 Å². The summed E-state index contributed by atoms with van der Waals surface area (Å²) in [6.07, 6.45) is 2.81. The Morgan fingerprint density at radius 3 is 2.88 bits per heavy atom. The van der Waals surface area contributed by atoms with Crippen molar-refractivity contribution in [3.05, 3.63) is 12.2 Å². The van der Waals surface area contributed by atoms with E-state index in [1.54, 1.807) is 0 Å². The molecule has 0 saturated carbocycles. The average Bonchev–Trinajstić information content (AvgIpc) is 2.71. The van der Waals surface area contributed by atoms with Crippen LogP contribution in [0.5, 0.6) is 0 Å². The Hall–Kier alpha value is -1.92. The smallest absolute Gasteiger partial charge is 0.377 e. The Bertz CT molecular complexity index is 375. The van der Waals surface area contributed by atoms with Gasteiger partial charge in [-0.25, -0.2) is 9.78 Å². The van der Waals surface area contributed by atoms with Gasteiger partial charge in [0.25, 0.3) is 5.82 Å². The lowest BCUT2D eigenvalue weighted by Crippen LogP contribution is -2.06. The number of carboxylic acids is 1. The van der Waals surface area contributed by atoms with Crippen LogP contribution in [0.15, 0.2) is 6.33 Å².